The molecular formula is C19H14FN5O3S. The Labute approximate surface area is 168 Å². The van der Waals surface area contributed by atoms with E-state index in [-0.39, 0.29) is 17.2 Å². The molecule has 0 aliphatic heterocycles. The van der Waals surface area contributed by atoms with Gasteiger partial charge in [0.15, 0.2) is 10.9 Å². The molecule has 0 saturated heterocycles. The molecule has 0 fully saturated rings. The molecule has 0 bridgehead atoms. The van der Waals surface area contributed by atoms with Crippen molar-refractivity contribution in [2.24, 2.45) is 5.92 Å². The van der Waals surface area contributed by atoms with Gasteiger partial charge in [0.1, 0.15) is 11.7 Å². The molecule has 146 valence electrons. The Morgan fingerprint density at radius 1 is 1.38 bits per heavy atom. The maximum absolute atomic E-state index is 13.3. The van der Waals surface area contributed by atoms with Gasteiger partial charge in [0.2, 0.25) is 0 Å². The van der Waals surface area contributed by atoms with Crippen LogP contribution in [0, 0.1) is 38.6 Å². The Hall–Kier alpha value is -3.58. The first kappa shape index (κ1) is 20.2. The number of non-ortho nitro benzene ring substituents is 1. The van der Waals surface area contributed by atoms with Crippen molar-refractivity contribution in [1.82, 2.24) is 9.55 Å². The number of fused-ring (bicyclic) bond motifs is 1. The lowest BCUT2D eigenvalue weighted by molar-refractivity contribution is -0.384. The molecule has 0 saturated carbocycles. The SMILES string of the molecule is CC(=N)C(C#N)C(=O)CSc1nc2cc([N+](=O)[O-])ccc2n1-c1ccc(F)cc1. The van der Waals surface area contributed by atoms with Crippen LogP contribution in [0.2, 0.25) is 0 Å². The molecule has 1 heterocycles. The van der Waals surface area contributed by atoms with E-state index < -0.39 is 22.4 Å². The molecule has 1 N–H and O–H groups in total. The highest BCUT2D eigenvalue weighted by molar-refractivity contribution is 7.99. The molecule has 1 aromatic heterocycles. The summed E-state index contributed by atoms with van der Waals surface area (Å²) >= 11 is 1.05. The van der Waals surface area contributed by atoms with Crippen molar-refractivity contribution in [2.75, 3.05) is 5.75 Å². The lowest BCUT2D eigenvalue weighted by Crippen LogP contribution is -2.21. The van der Waals surface area contributed by atoms with Gasteiger partial charge in [-0.1, -0.05) is 11.8 Å². The number of nitro benzene ring substituents is 1. The molecule has 0 radical (unpaired) electrons. The molecule has 0 aliphatic rings. The Bertz CT molecular complexity index is 1170. The van der Waals surface area contributed by atoms with E-state index >= 15 is 0 Å². The van der Waals surface area contributed by atoms with Gasteiger partial charge in [0, 0.05) is 23.5 Å². The van der Waals surface area contributed by atoms with E-state index in [0.29, 0.717) is 21.9 Å². The Balaban J connectivity index is 2.05. The number of nitro groups is 1. The Kier molecular flexibility index (Phi) is 5.70. The number of imidazole rings is 1. The summed E-state index contributed by atoms with van der Waals surface area (Å²) in [6.07, 6.45) is 0. The van der Waals surface area contributed by atoms with Gasteiger partial charge >= 0.3 is 0 Å². The van der Waals surface area contributed by atoms with Crippen molar-refractivity contribution < 1.29 is 14.1 Å². The largest absolute Gasteiger partial charge is 0.308 e. The molecule has 1 atom stereocenters. The van der Waals surface area contributed by atoms with E-state index in [1.54, 1.807) is 10.6 Å². The predicted octanol–water partition coefficient (Wildman–Crippen LogP) is 3.91. The van der Waals surface area contributed by atoms with Crippen molar-refractivity contribution in [2.45, 2.75) is 12.1 Å². The molecule has 8 nitrogen and oxygen atoms in total. The summed E-state index contributed by atoms with van der Waals surface area (Å²) in [6, 6.07) is 11.6. The third-order valence-electron chi connectivity index (χ3n) is 4.13. The summed E-state index contributed by atoms with van der Waals surface area (Å²) < 4.78 is 15.0. The monoisotopic (exact) mass is 411 g/mol. The van der Waals surface area contributed by atoms with E-state index in [9.17, 15) is 19.3 Å². The van der Waals surface area contributed by atoms with Gasteiger partial charge in [-0.2, -0.15) is 5.26 Å². The third-order valence-corrected chi connectivity index (χ3v) is 5.09. The van der Waals surface area contributed by atoms with Crippen LogP contribution in [-0.2, 0) is 4.79 Å². The smallest absolute Gasteiger partial charge is 0.271 e. The molecule has 3 aromatic rings. The summed E-state index contributed by atoms with van der Waals surface area (Å²) in [7, 11) is 0. The molecule has 29 heavy (non-hydrogen) atoms. The summed E-state index contributed by atoms with van der Waals surface area (Å²) in [6.45, 7) is 1.39. The quantitative estimate of drug-likeness (QED) is 0.272. The minimum Gasteiger partial charge on any atom is -0.308 e. The second-order valence-corrected chi connectivity index (χ2v) is 7.08. The fourth-order valence-corrected chi connectivity index (χ4v) is 3.66. The van der Waals surface area contributed by atoms with Crippen LogP contribution in [-0.4, -0.2) is 31.7 Å². The van der Waals surface area contributed by atoms with Gasteiger partial charge < -0.3 is 5.41 Å². The molecule has 0 aliphatic carbocycles. The van der Waals surface area contributed by atoms with E-state index in [4.69, 9.17) is 10.7 Å². The summed E-state index contributed by atoms with van der Waals surface area (Å²) in [5.41, 5.74) is 1.30. The number of halogens is 1. The normalized spacial score (nSPS) is 11.8. The number of thioether (sulfide) groups is 1. The maximum atomic E-state index is 13.3. The highest BCUT2D eigenvalue weighted by Crippen LogP contribution is 2.30. The summed E-state index contributed by atoms with van der Waals surface area (Å²) in [5.74, 6) is -2.10. The lowest BCUT2D eigenvalue weighted by atomic mass is 10.0. The molecule has 2 aromatic carbocycles. The number of nitriles is 1. The molecule has 3 rings (SSSR count). The summed E-state index contributed by atoms with van der Waals surface area (Å²) in [4.78, 5) is 27.2. The highest BCUT2D eigenvalue weighted by atomic mass is 32.2. The number of nitrogens with one attached hydrogen (secondary N) is 1. The van der Waals surface area contributed by atoms with Crippen LogP contribution in [0.25, 0.3) is 16.7 Å². The van der Waals surface area contributed by atoms with E-state index in [1.165, 1.54) is 49.4 Å². The zero-order valence-electron chi connectivity index (χ0n) is 15.1. The highest BCUT2D eigenvalue weighted by Gasteiger charge is 2.22. The maximum Gasteiger partial charge on any atom is 0.271 e. The van der Waals surface area contributed by atoms with E-state index in [0.717, 1.165) is 11.8 Å². The van der Waals surface area contributed by atoms with Crippen LogP contribution in [0.1, 0.15) is 6.92 Å². The van der Waals surface area contributed by atoms with Crippen LogP contribution in [0.15, 0.2) is 47.6 Å². The number of Topliss-reactive ketones (excluding diaryl/α,β-unsaturated/α-hetero) is 1. The first-order valence-corrected chi connectivity index (χ1v) is 9.33. The number of nitrogens with zero attached hydrogens (tertiary/aromatic N) is 4. The van der Waals surface area contributed by atoms with E-state index in [1.807, 2.05) is 0 Å². The molecule has 10 heteroatoms. The fourth-order valence-electron chi connectivity index (χ4n) is 2.73. The Morgan fingerprint density at radius 3 is 2.66 bits per heavy atom. The first-order valence-electron chi connectivity index (χ1n) is 8.35. The zero-order chi connectivity index (χ0) is 21.1. The Morgan fingerprint density at radius 2 is 2.07 bits per heavy atom. The van der Waals surface area contributed by atoms with Gasteiger partial charge in [0.25, 0.3) is 5.69 Å². The average molecular weight is 411 g/mol. The molecule has 1 unspecified atom stereocenters. The van der Waals surface area contributed by atoms with Crippen LogP contribution in [0.5, 0.6) is 0 Å². The second-order valence-electron chi connectivity index (χ2n) is 6.14. The van der Waals surface area contributed by atoms with Gasteiger partial charge in [-0.15, -0.1) is 0 Å². The number of carbonyl (C=O) groups excluding carboxylic acids is 1. The van der Waals surface area contributed by atoms with Gasteiger partial charge in [0.05, 0.1) is 27.8 Å². The van der Waals surface area contributed by atoms with Crippen LogP contribution in [0.3, 0.4) is 0 Å². The minimum absolute atomic E-state index is 0.0410. The molecular weight excluding hydrogens is 397 g/mol. The summed E-state index contributed by atoms with van der Waals surface area (Å²) in [5, 5.41) is 28.0. The minimum atomic E-state index is -1.13. The van der Waals surface area contributed by atoms with Crippen LogP contribution >= 0.6 is 11.8 Å². The van der Waals surface area contributed by atoms with Crippen molar-refractivity contribution in [3.8, 4) is 11.8 Å². The topological polar surface area (TPSA) is 126 Å². The standard InChI is InChI=1S/C19H14FN5O3S/c1-11(22)15(9-21)18(26)10-29-19-23-16-8-14(25(27)28)6-7-17(16)24(19)13-4-2-12(20)3-5-13/h2-8,15,22H,10H2,1H3. The predicted molar refractivity (Wildman–Crippen MR) is 106 cm³/mol. The van der Waals surface area contributed by atoms with Gasteiger partial charge in [-0.3, -0.25) is 19.5 Å². The number of ketones is 1. The van der Waals surface area contributed by atoms with Crippen molar-refractivity contribution >= 4 is 40.0 Å². The average Bonchev–Trinajstić information content (AvgIpc) is 3.04. The van der Waals surface area contributed by atoms with Crippen LogP contribution < -0.4 is 0 Å². The molecule has 0 spiro atoms. The fraction of sp³-hybridized carbons (Fsp3) is 0.158. The second kappa shape index (κ2) is 8.20. The number of benzene rings is 2. The van der Waals surface area contributed by atoms with Crippen molar-refractivity contribution in [1.29, 1.82) is 10.7 Å². The van der Waals surface area contributed by atoms with Gasteiger partial charge in [-0.25, -0.2) is 9.37 Å². The number of hydrogen-bond acceptors (Lipinski definition) is 7. The van der Waals surface area contributed by atoms with Crippen LogP contribution in [0.4, 0.5) is 10.1 Å². The number of aromatic nitrogens is 2. The zero-order valence-corrected chi connectivity index (χ0v) is 15.9. The number of hydrogen-bond donors (Lipinski definition) is 1. The third kappa shape index (κ3) is 4.14. The van der Waals surface area contributed by atoms with Crippen molar-refractivity contribution in [3.05, 3.63) is 58.4 Å². The first-order chi connectivity index (χ1) is 13.8. The number of carbonyl (C=O) groups is 1. The van der Waals surface area contributed by atoms with E-state index in [2.05, 4.69) is 4.98 Å². The van der Waals surface area contributed by atoms with Crippen molar-refractivity contribution in [3.63, 3.8) is 0 Å². The van der Waals surface area contributed by atoms with Gasteiger partial charge in [-0.05, 0) is 37.3 Å². The molecule has 0 amide bonds. The lowest BCUT2D eigenvalue weighted by Gasteiger charge is -2.10. The number of rotatable bonds is 7.